The molecule has 0 aliphatic rings. The molecule has 2 rings (SSSR count). The Bertz CT molecular complexity index is 727. The maximum absolute atomic E-state index is 11.9. The van der Waals surface area contributed by atoms with Gasteiger partial charge in [-0.1, -0.05) is 37.3 Å². The Morgan fingerprint density at radius 2 is 2.00 bits per heavy atom. The zero-order chi connectivity index (χ0) is 18.9. The SMILES string of the molecule is Cc1cnc(C(C)CNC(=NCc2ccccc2)NCC(=O)N(C)C)s1. The Labute approximate surface area is 159 Å². The molecule has 0 saturated heterocycles. The molecule has 0 saturated carbocycles. The number of nitrogens with zero attached hydrogens (tertiary/aromatic N) is 3. The lowest BCUT2D eigenvalue weighted by Crippen LogP contribution is -2.43. The molecule has 1 unspecified atom stereocenters. The lowest BCUT2D eigenvalue weighted by Gasteiger charge is -2.16. The molecule has 2 N–H and O–H groups in total. The number of amides is 1. The van der Waals surface area contributed by atoms with Crippen LogP contribution in [0.3, 0.4) is 0 Å². The number of aromatic nitrogens is 1. The summed E-state index contributed by atoms with van der Waals surface area (Å²) in [5.41, 5.74) is 1.12. The highest BCUT2D eigenvalue weighted by Crippen LogP contribution is 2.20. The van der Waals surface area contributed by atoms with E-state index in [9.17, 15) is 4.79 Å². The number of guanidine groups is 1. The molecule has 7 heteroatoms. The van der Waals surface area contributed by atoms with E-state index in [-0.39, 0.29) is 18.4 Å². The van der Waals surface area contributed by atoms with Crippen molar-refractivity contribution in [2.24, 2.45) is 4.99 Å². The highest BCUT2D eigenvalue weighted by atomic mass is 32.1. The lowest BCUT2D eigenvalue weighted by molar-refractivity contribution is -0.127. The summed E-state index contributed by atoms with van der Waals surface area (Å²) in [4.78, 5) is 23.7. The Morgan fingerprint density at radius 3 is 2.62 bits per heavy atom. The molecule has 0 spiro atoms. The van der Waals surface area contributed by atoms with Crippen molar-refractivity contribution in [3.63, 3.8) is 0 Å². The van der Waals surface area contributed by atoms with Gasteiger partial charge in [-0.15, -0.1) is 11.3 Å². The largest absolute Gasteiger partial charge is 0.356 e. The highest BCUT2D eigenvalue weighted by Gasteiger charge is 2.11. The van der Waals surface area contributed by atoms with E-state index in [2.05, 4.69) is 34.5 Å². The van der Waals surface area contributed by atoms with Crippen molar-refractivity contribution in [2.45, 2.75) is 26.3 Å². The first kappa shape index (κ1) is 19.9. The molecule has 140 valence electrons. The van der Waals surface area contributed by atoms with Crippen LogP contribution in [0.1, 0.15) is 28.3 Å². The second-order valence-electron chi connectivity index (χ2n) is 6.38. The van der Waals surface area contributed by atoms with Crippen LogP contribution in [0.4, 0.5) is 0 Å². The maximum Gasteiger partial charge on any atom is 0.241 e. The standard InChI is InChI=1S/C19H27N5OS/c1-14(18-20-11-15(2)26-18)10-21-19(23-13-17(25)24(3)4)22-12-16-8-6-5-7-9-16/h5-9,11,14H,10,12-13H2,1-4H3,(H2,21,22,23). The van der Waals surface area contributed by atoms with Gasteiger partial charge in [-0.2, -0.15) is 0 Å². The Hall–Kier alpha value is -2.41. The van der Waals surface area contributed by atoms with Crippen LogP contribution < -0.4 is 10.6 Å². The van der Waals surface area contributed by atoms with E-state index in [1.165, 1.54) is 4.88 Å². The summed E-state index contributed by atoms with van der Waals surface area (Å²) in [6.07, 6.45) is 1.90. The number of hydrogen-bond acceptors (Lipinski definition) is 4. The molecule has 1 amide bonds. The predicted molar refractivity (Wildman–Crippen MR) is 108 cm³/mol. The quantitative estimate of drug-likeness (QED) is 0.577. The molecule has 0 radical (unpaired) electrons. The van der Waals surface area contributed by atoms with Crippen molar-refractivity contribution in [1.29, 1.82) is 0 Å². The lowest BCUT2D eigenvalue weighted by atomic mass is 10.2. The van der Waals surface area contributed by atoms with Crippen molar-refractivity contribution < 1.29 is 4.79 Å². The maximum atomic E-state index is 11.9. The van der Waals surface area contributed by atoms with Crippen LogP contribution in [-0.2, 0) is 11.3 Å². The van der Waals surface area contributed by atoms with Crippen molar-refractivity contribution in [3.05, 3.63) is 52.0 Å². The van der Waals surface area contributed by atoms with E-state index < -0.39 is 0 Å². The number of aliphatic imine (C=N–C) groups is 1. The molecule has 1 aromatic carbocycles. The monoisotopic (exact) mass is 373 g/mol. The fraction of sp³-hybridized carbons (Fsp3) is 0.421. The van der Waals surface area contributed by atoms with Gasteiger partial charge in [0.25, 0.3) is 0 Å². The summed E-state index contributed by atoms with van der Waals surface area (Å²) >= 11 is 1.71. The summed E-state index contributed by atoms with van der Waals surface area (Å²) in [6.45, 7) is 5.65. The molecule has 1 aromatic heterocycles. The summed E-state index contributed by atoms with van der Waals surface area (Å²) in [5, 5.41) is 7.54. The van der Waals surface area contributed by atoms with Gasteiger partial charge in [0.1, 0.15) is 0 Å². The van der Waals surface area contributed by atoms with Crippen molar-refractivity contribution in [2.75, 3.05) is 27.2 Å². The fourth-order valence-electron chi connectivity index (χ4n) is 2.18. The van der Waals surface area contributed by atoms with Gasteiger partial charge >= 0.3 is 0 Å². The number of benzene rings is 1. The number of aryl methyl sites for hydroxylation is 1. The summed E-state index contributed by atoms with van der Waals surface area (Å²) < 4.78 is 0. The van der Waals surface area contributed by atoms with Crippen LogP contribution >= 0.6 is 11.3 Å². The number of rotatable bonds is 7. The van der Waals surface area contributed by atoms with Gasteiger partial charge in [0, 0.05) is 37.6 Å². The summed E-state index contributed by atoms with van der Waals surface area (Å²) in [7, 11) is 3.48. The van der Waals surface area contributed by atoms with E-state index in [1.807, 2.05) is 36.5 Å². The predicted octanol–water partition coefficient (Wildman–Crippen LogP) is 2.38. The second-order valence-corrected chi connectivity index (χ2v) is 7.65. The van der Waals surface area contributed by atoms with Crippen LogP contribution in [0.5, 0.6) is 0 Å². The number of nitrogens with one attached hydrogen (secondary N) is 2. The van der Waals surface area contributed by atoms with Crippen LogP contribution in [0.15, 0.2) is 41.5 Å². The normalized spacial score (nSPS) is 12.5. The topological polar surface area (TPSA) is 69.6 Å². The van der Waals surface area contributed by atoms with Gasteiger partial charge < -0.3 is 15.5 Å². The van der Waals surface area contributed by atoms with E-state index in [0.717, 1.165) is 10.6 Å². The third-order valence-electron chi connectivity index (χ3n) is 3.80. The number of hydrogen-bond donors (Lipinski definition) is 2. The minimum atomic E-state index is 0.00260. The average molecular weight is 374 g/mol. The zero-order valence-corrected chi connectivity index (χ0v) is 16.6. The van der Waals surface area contributed by atoms with Crippen LogP contribution in [0, 0.1) is 6.92 Å². The molecule has 1 heterocycles. The number of thiazole rings is 1. The van der Waals surface area contributed by atoms with Crippen molar-refractivity contribution >= 4 is 23.2 Å². The Morgan fingerprint density at radius 1 is 1.27 bits per heavy atom. The third kappa shape index (κ3) is 6.48. The molecule has 6 nitrogen and oxygen atoms in total. The first-order valence-corrected chi connectivity index (χ1v) is 9.46. The van der Waals surface area contributed by atoms with Crippen LogP contribution in [0.2, 0.25) is 0 Å². The zero-order valence-electron chi connectivity index (χ0n) is 15.8. The fourth-order valence-corrected chi connectivity index (χ4v) is 3.01. The van der Waals surface area contributed by atoms with E-state index >= 15 is 0 Å². The van der Waals surface area contributed by atoms with E-state index in [4.69, 9.17) is 0 Å². The first-order valence-electron chi connectivity index (χ1n) is 8.64. The van der Waals surface area contributed by atoms with Gasteiger partial charge in [0.2, 0.25) is 5.91 Å². The molecule has 26 heavy (non-hydrogen) atoms. The summed E-state index contributed by atoms with van der Waals surface area (Å²) in [6, 6.07) is 10.0. The molecular formula is C19H27N5OS. The minimum Gasteiger partial charge on any atom is -0.356 e. The van der Waals surface area contributed by atoms with E-state index in [1.54, 1.807) is 30.3 Å². The van der Waals surface area contributed by atoms with Crippen molar-refractivity contribution in [1.82, 2.24) is 20.5 Å². The summed E-state index contributed by atoms with van der Waals surface area (Å²) in [5.74, 6) is 0.897. The Kier molecular flexibility index (Phi) is 7.59. The molecule has 1 atom stereocenters. The van der Waals surface area contributed by atoms with Gasteiger partial charge in [-0.05, 0) is 12.5 Å². The number of carbonyl (C=O) groups excluding carboxylic acids is 1. The van der Waals surface area contributed by atoms with Gasteiger partial charge in [-0.3, -0.25) is 4.79 Å². The smallest absolute Gasteiger partial charge is 0.241 e. The van der Waals surface area contributed by atoms with Gasteiger partial charge in [0.05, 0.1) is 18.1 Å². The van der Waals surface area contributed by atoms with Crippen LogP contribution in [-0.4, -0.2) is 48.9 Å². The number of carbonyl (C=O) groups is 1. The Balaban J connectivity index is 1.98. The number of likely N-dealkylation sites (N-methyl/N-ethyl adjacent to an activating group) is 1. The molecule has 0 aliphatic heterocycles. The molecule has 2 aromatic rings. The van der Waals surface area contributed by atoms with Gasteiger partial charge in [-0.25, -0.2) is 9.98 Å². The first-order chi connectivity index (χ1) is 12.5. The molecule has 0 aliphatic carbocycles. The molecule has 0 fully saturated rings. The van der Waals surface area contributed by atoms with E-state index in [0.29, 0.717) is 19.0 Å². The van der Waals surface area contributed by atoms with Crippen molar-refractivity contribution in [3.8, 4) is 0 Å². The second kappa shape index (κ2) is 9.91. The molecular weight excluding hydrogens is 346 g/mol. The highest BCUT2D eigenvalue weighted by molar-refractivity contribution is 7.11. The minimum absolute atomic E-state index is 0.00260. The van der Waals surface area contributed by atoms with Crippen LogP contribution in [0.25, 0.3) is 0 Å². The van der Waals surface area contributed by atoms with Gasteiger partial charge in [0.15, 0.2) is 5.96 Å². The average Bonchev–Trinajstić information content (AvgIpc) is 3.07. The molecule has 0 bridgehead atoms. The third-order valence-corrected chi connectivity index (χ3v) is 4.95.